The third-order valence-corrected chi connectivity index (χ3v) is 3.78. The van der Waals surface area contributed by atoms with Crippen LogP contribution >= 0.6 is 0 Å². The molecule has 0 spiro atoms. The third-order valence-electron chi connectivity index (χ3n) is 3.78. The maximum Gasteiger partial charge on any atom is 0.0205 e. The van der Waals surface area contributed by atoms with Gasteiger partial charge < -0.3 is 10.6 Å². The quantitative estimate of drug-likeness (QED) is 0.723. The van der Waals surface area contributed by atoms with Crippen LogP contribution in [0.4, 0.5) is 0 Å². The van der Waals surface area contributed by atoms with Crippen molar-refractivity contribution in [1.29, 1.82) is 0 Å². The maximum absolute atomic E-state index is 3.55. The van der Waals surface area contributed by atoms with Gasteiger partial charge in [-0.2, -0.15) is 0 Å². The highest BCUT2D eigenvalue weighted by molar-refractivity contribution is 5.22. The topological polar surface area (TPSA) is 24.1 Å². The highest BCUT2D eigenvalue weighted by Gasteiger charge is 2.12. The Morgan fingerprint density at radius 1 is 1.22 bits per heavy atom. The predicted molar refractivity (Wildman–Crippen MR) is 77.7 cm³/mol. The second kappa shape index (κ2) is 7.55. The summed E-state index contributed by atoms with van der Waals surface area (Å²) in [6.07, 6.45) is 5.09. The van der Waals surface area contributed by atoms with E-state index in [4.69, 9.17) is 0 Å². The molecule has 1 unspecified atom stereocenters. The molecule has 0 aliphatic carbocycles. The van der Waals surface area contributed by atoms with E-state index in [0.717, 1.165) is 19.0 Å². The van der Waals surface area contributed by atoms with Crippen LogP contribution in [0.1, 0.15) is 37.3 Å². The van der Waals surface area contributed by atoms with Gasteiger partial charge in [-0.3, -0.25) is 0 Å². The van der Waals surface area contributed by atoms with E-state index in [9.17, 15) is 0 Å². The highest BCUT2D eigenvalue weighted by Crippen LogP contribution is 2.11. The molecule has 0 aromatic heterocycles. The van der Waals surface area contributed by atoms with Crippen LogP contribution in [0.25, 0.3) is 0 Å². The smallest absolute Gasteiger partial charge is 0.0205 e. The summed E-state index contributed by atoms with van der Waals surface area (Å²) >= 11 is 0. The van der Waals surface area contributed by atoms with Crippen molar-refractivity contribution in [2.45, 2.75) is 39.2 Å². The van der Waals surface area contributed by atoms with Crippen molar-refractivity contribution >= 4 is 0 Å². The Balaban J connectivity index is 1.63. The standard InChI is InChI=1S/C16H26N2/c1-2-3-14-4-6-15(7-5-14)12-17-10-8-16-9-11-18-13-16/h4-7,16-18H,2-3,8-13H2,1H3. The van der Waals surface area contributed by atoms with E-state index in [1.807, 2.05) is 0 Å². The molecule has 0 radical (unpaired) electrons. The number of aryl methyl sites for hydroxylation is 1. The minimum Gasteiger partial charge on any atom is -0.316 e. The largest absolute Gasteiger partial charge is 0.316 e. The average molecular weight is 246 g/mol. The van der Waals surface area contributed by atoms with Crippen molar-refractivity contribution in [3.63, 3.8) is 0 Å². The normalized spacial score (nSPS) is 19.3. The zero-order chi connectivity index (χ0) is 12.6. The minimum absolute atomic E-state index is 0.893. The second-order valence-corrected chi connectivity index (χ2v) is 5.39. The molecule has 2 heteroatoms. The average Bonchev–Trinajstić information content (AvgIpc) is 2.90. The van der Waals surface area contributed by atoms with Gasteiger partial charge >= 0.3 is 0 Å². The molecule has 100 valence electrons. The van der Waals surface area contributed by atoms with E-state index in [2.05, 4.69) is 41.8 Å². The highest BCUT2D eigenvalue weighted by atomic mass is 14.9. The van der Waals surface area contributed by atoms with Crippen LogP contribution in [0.15, 0.2) is 24.3 Å². The third kappa shape index (κ3) is 4.43. The lowest BCUT2D eigenvalue weighted by atomic mass is 10.1. The van der Waals surface area contributed by atoms with Gasteiger partial charge in [-0.05, 0) is 55.9 Å². The molecule has 2 nitrogen and oxygen atoms in total. The number of hydrogen-bond donors (Lipinski definition) is 2. The molecule has 1 heterocycles. The molecule has 18 heavy (non-hydrogen) atoms. The Morgan fingerprint density at radius 3 is 2.67 bits per heavy atom. The lowest BCUT2D eigenvalue weighted by molar-refractivity contribution is 0.500. The van der Waals surface area contributed by atoms with Crippen LogP contribution in [0.5, 0.6) is 0 Å². The van der Waals surface area contributed by atoms with Crippen molar-refractivity contribution < 1.29 is 0 Å². The van der Waals surface area contributed by atoms with E-state index in [1.165, 1.54) is 49.9 Å². The molecule has 1 saturated heterocycles. The number of nitrogens with one attached hydrogen (secondary N) is 2. The Hall–Kier alpha value is -0.860. The Morgan fingerprint density at radius 2 is 2.00 bits per heavy atom. The van der Waals surface area contributed by atoms with Gasteiger partial charge in [0.25, 0.3) is 0 Å². The van der Waals surface area contributed by atoms with E-state index < -0.39 is 0 Å². The summed E-state index contributed by atoms with van der Waals surface area (Å²) in [5.74, 6) is 0.893. The van der Waals surface area contributed by atoms with Gasteiger partial charge in [0.15, 0.2) is 0 Å². The van der Waals surface area contributed by atoms with E-state index in [-0.39, 0.29) is 0 Å². The van der Waals surface area contributed by atoms with Crippen LogP contribution in [-0.2, 0) is 13.0 Å². The van der Waals surface area contributed by atoms with Crippen molar-refractivity contribution in [2.75, 3.05) is 19.6 Å². The molecule has 2 N–H and O–H groups in total. The van der Waals surface area contributed by atoms with Gasteiger partial charge in [-0.15, -0.1) is 0 Å². The van der Waals surface area contributed by atoms with Crippen molar-refractivity contribution in [3.8, 4) is 0 Å². The van der Waals surface area contributed by atoms with Gasteiger partial charge in [-0.1, -0.05) is 37.6 Å². The first-order chi connectivity index (χ1) is 8.88. The predicted octanol–water partition coefficient (Wildman–Crippen LogP) is 2.73. The van der Waals surface area contributed by atoms with Gasteiger partial charge in [0, 0.05) is 6.54 Å². The second-order valence-electron chi connectivity index (χ2n) is 5.39. The molecular weight excluding hydrogens is 220 g/mol. The Bertz CT molecular complexity index is 325. The Labute approximate surface area is 111 Å². The SMILES string of the molecule is CCCc1ccc(CNCCC2CCNC2)cc1. The van der Waals surface area contributed by atoms with Crippen LogP contribution in [0.2, 0.25) is 0 Å². The summed E-state index contributed by atoms with van der Waals surface area (Å²) in [6.45, 7) is 6.81. The zero-order valence-corrected chi connectivity index (χ0v) is 11.5. The first-order valence-electron chi connectivity index (χ1n) is 7.37. The molecule has 1 aromatic carbocycles. The van der Waals surface area contributed by atoms with Gasteiger partial charge in [0.05, 0.1) is 0 Å². The van der Waals surface area contributed by atoms with Crippen molar-refractivity contribution in [3.05, 3.63) is 35.4 Å². The molecule has 0 bridgehead atoms. The summed E-state index contributed by atoms with van der Waals surface area (Å²) in [7, 11) is 0. The fourth-order valence-corrected chi connectivity index (χ4v) is 2.61. The first-order valence-corrected chi connectivity index (χ1v) is 7.37. The molecule has 1 aliphatic rings. The van der Waals surface area contributed by atoms with Crippen molar-refractivity contribution in [1.82, 2.24) is 10.6 Å². The molecule has 1 atom stereocenters. The van der Waals surface area contributed by atoms with Crippen LogP contribution in [-0.4, -0.2) is 19.6 Å². The molecule has 1 fully saturated rings. The number of hydrogen-bond acceptors (Lipinski definition) is 2. The molecule has 1 aromatic rings. The Kier molecular flexibility index (Phi) is 5.69. The maximum atomic E-state index is 3.55. The molecule has 0 saturated carbocycles. The zero-order valence-electron chi connectivity index (χ0n) is 11.5. The van der Waals surface area contributed by atoms with E-state index in [1.54, 1.807) is 0 Å². The fourth-order valence-electron chi connectivity index (χ4n) is 2.61. The molecule has 2 rings (SSSR count). The fraction of sp³-hybridized carbons (Fsp3) is 0.625. The van der Waals surface area contributed by atoms with Gasteiger partial charge in [0.2, 0.25) is 0 Å². The summed E-state index contributed by atoms with van der Waals surface area (Å²) in [6, 6.07) is 9.05. The molecule has 1 aliphatic heterocycles. The summed E-state index contributed by atoms with van der Waals surface area (Å²) in [5, 5.41) is 6.97. The van der Waals surface area contributed by atoms with Crippen LogP contribution < -0.4 is 10.6 Å². The molecular formula is C16H26N2. The lowest BCUT2D eigenvalue weighted by Gasteiger charge is -2.09. The van der Waals surface area contributed by atoms with Gasteiger partial charge in [-0.25, -0.2) is 0 Å². The summed E-state index contributed by atoms with van der Waals surface area (Å²) in [5.41, 5.74) is 2.86. The lowest BCUT2D eigenvalue weighted by Crippen LogP contribution is -2.19. The number of benzene rings is 1. The summed E-state index contributed by atoms with van der Waals surface area (Å²) < 4.78 is 0. The summed E-state index contributed by atoms with van der Waals surface area (Å²) in [4.78, 5) is 0. The van der Waals surface area contributed by atoms with Crippen molar-refractivity contribution in [2.24, 2.45) is 5.92 Å². The minimum atomic E-state index is 0.893. The van der Waals surface area contributed by atoms with E-state index in [0.29, 0.717) is 0 Å². The van der Waals surface area contributed by atoms with Gasteiger partial charge in [0.1, 0.15) is 0 Å². The molecule has 0 amide bonds. The monoisotopic (exact) mass is 246 g/mol. The first kappa shape index (κ1) is 13.6. The van der Waals surface area contributed by atoms with Crippen LogP contribution in [0, 0.1) is 5.92 Å². The van der Waals surface area contributed by atoms with E-state index >= 15 is 0 Å². The van der Waals surface area contributed by atoms with Crippen LogP contribution in [0.3, 0.4) is 0 Å². The number of rotatable bonds is 7.